The highest BCUT2D eigenvalue weighted by atomic mass is 16.5. The molecular weight excluding hydrogens is 228 g/mol. The van der Waals surface area contributed by atoms with Crippen LogP contribution in [-0.2, 0) is 0 Å². The number of benzene rings is 1. The van der Waals surface area contributed by atoms with E-state index in [2.05, 4.69) is 5.16 Å². The minimum Gasteiger partial charge on any atom is -0.490 e. The molecule has 0 amide bonds. The Bertz CT molecular complexity index is 601. The Morgan fingerprint density at radius 3 is 3.11 bits per heavy atom. The van der Waals surface area contributed by atoms with E-state index in [-0.39, 0.29) is 6.10 Å². The summed E-state index contributed by atoms with van der Waals surface area (Å²) in [6.45, 7) is 1.93. The number of nitrogens with zero attached hydrogens (tertiary/aromatic N) is 1. The van der Waals surface area contributed by atoms with Crippen molar-refractivity contribution < 1.29 is 9.26 Å². The molecule has 2 N–H and O–H groups in total. The normalized spacial score (nSPS) is 19.8. The number of hydrogen-bond donors (Lipinski definition) is 1. The van der Waals surface area contributed by atoms with Crippen molar-refractivity contribution in [2.24, 2.45) is 5.73 Å². The highest BCUT2D eigenvalue weighted by Crippen LogP contribution is 2.26. The molecule has 1 aromatic heterocycles. The first-order valence-corrected chi connectivity index (χ1v) is 6.19. The number of ether oxygens (including phenoxy) is 1. The number of nitrogens with two attached hydrogens (primary N) is 1. The summed E-state index contributed by atoms with van der Waals surface area (Å²) in [6.07, 6.45) is 5.01. The van der Waals surface area contributed by atoms with Gasteiger partial charge in [-0.2, -0.15) is 0 Å². The van der Waals surface area contributed by atoms with Crippen molar-refractivity contribution in [2.75, 3.05) is 0 Å². The van der Waals surface area contributed by atoms with Crippen LogP contribution < -0.4 is 10.5 Å². The molecule has 1 atom stereocenters. The van der Waals surface area contributed by atoms with Crippen LogP contribution in [-0.4, -0.2) is 11.3 Å². The molecule has 18 heavy (non-hydrogen) atoms. The summed E-state index contributed by atoms with van der Waals surface area (Å²) < 4.78 is 11.2. The Labute approximate surface area is 105 Å². The summed E-state index contributed by atoms with van der Waals surface area (Å²) in [5.41, 5.74) is 8.40. The Balaban J connectivity index is 1.78. The summed E-state index contributed by atoms with van der Waals surface area (Å²) in [5.74, 6) is 0.831. The zero-order valence-electron chi connectivity index (χ0n) is 10.3. The number of aryl methyl sites for hydroxylation is 1. The number of aromatic nitrogens is 1. The highest BCUT2D eigenvalue weighted by Gasteiger charge is 2.15. The van der Waals surface area contributed by atoms with Gasteiger partial charge in [-0.05, 0) is 31.9 Å². The van der Waals surface area contributed by atoms with E-state index in [0.29, 0.717) is 0 Å². The van der Waals surface area contributed by atoms with E-state index in [1.165, 1.54) is 0 Å². The third-order valence-corrected chi connectivity index (χ3v) is 3.32. The van der Waals surface area contributed by atoms with E-state index in [0.717, 1.165) is 47.4 Å². The van der Waals surface area contributed by atoms with E-state index in [9.17, 15) is 0 Å². The standard InChI is InChI=1S/C14H16N2O2/c1-9-13-7-6-12(8-14(13)18-16-9)17-11-4-2-10(15)3-5-11/h2,6-8,11H,3-5,15H2,1H3. The van der Waals surface area contributed by atoms with Gasteiger partial charge in [0.1, 0.15) is 11.9 Å². The molecule has 0 saturated carbocycles. The SMILES string of the molecule is Cc1noc2cc(OC3CC=C(N)CC3)ccc12. The van der Waals surface area contributed by atoms with Crippen LogP contribution >= 0.6 is 0 Å². The molecule has 3 rings (SSSR count). The lowest BCUT2D eigenvalue weighted by Crippen LogP contribution is -2.20. The van der Waals surface area contributed by atoms with Crippen molar-refractivity contribution in [1.82, 2.24) is 5.16 Å². The number of hydrogen-bond acceptors (Lipinski definition) is 4. The van der Waals surface area contributed by atoms with Gasteiger partial charge >= 0.3 is 0 Å². The Hall–Kier alpha value is -1.97. The summed E-state index contributed by atoms with van der Waals surface area (Å²) in [4.78, 5) is 0. The third kappa shape index (κ3) is 2.06. The van der Waals surface area contributed by atoms with Crippen LogP contribution in [0.3, 0.4) is 0 Å². The van der Waals surface area contributed by atoms with Gasteiger partial charge in [-0.15, -0.1) is 0 Å². The number of allylic oxidation sites excluding steroid dienone is 1. The predicted molar refractivity (Wildman–Crippen MR) is 69.3 cm³/mol. The molecule has 4 nitrogen and oxygen atoms in total. The monoisotopic (exact) mass is 244 g/mol. The second-order valence-corrected chi connectivity index (χ2v) is 4.72. The molecule has 94 valence electrons. The molecule has 2 aromatic rings. The second-order valence-electron chi connectivity index (χ2n) is 4.72. The van der Waals surface area contributed by atoms with Crippen molar-refractivity contribution in [3.63, 3.8) is 0 Å². The summed E-state index contributed by atoms with van der Waals surface area (Å²) in [6, 6.07) is 5.86. The highest BCUT2D eigenvalue weighted by molar-refractivity contribution is 5.80. The average molecular weight is 244 g/mol. The first-order valence-electron chi connectivity index (χ1n) is 6.19. The number of fused-ring (bicyclic) bond motifs is 1. The molecular formula is C14H16N2O2. The maximum atomic E-state index is 5.93. The molecule has 1 aliphatic carbocycles. The van der Waals surface area contributed by atoms with E-state index in [1.54, 1.807) is 0 Å². The summed E-state index contributed by atoms with van der Waals surface area (Å²) in [7, 11) is 0. The van der Waals surface area contributed by atoms with Crippen LogP contribution in [0.4, 0.5) is 0 Å². The smallest absolute Gasteiger partial charge is 0.170 e. The zero-order chi connectivity index (χ0) is 12.5. The van der Waals surface area contributed by atoms with E-state index in [1.807, 2.05) is 31.2 Å². The lowest BCUT2D eigenvalue weighted by atomic mass is 10.0. The van der Waals surface area contributed by atoms with Crippen molar-refractivity contribution >= 4 is 11.0 Å². The largest absolute Gasteiger partial charge is 0.490 e. The number of rotatable bonds is 2. The predicted octanol–water partition coefficient (Wildman–Crippen LogP) is 2.91. The molecule has 1 aromatic carbocycles. The van der Waals surface area contributed by atoms with Crippen LogP contribution in [0.1, 0.15) is 25.0 Å². The lowest BCUT2D eigenvalue weighted by Gasteiger charge is -2.21. The first kappa shape index (κ1) is 11.1. The van der Waals surface area contributed by atoms with Crippen LogP contribution in [0.5, 0.6) is 5.75 Å². The van der Waals surface area contributed by atoms with Gasteiger partial charge in [-0.1, -0.05) is 11.2 Å². The third-order valence-electron chi connectivity index (χ3n) is 3.32. The van der Waals surface area contributed by atoms with Crippen LogP contribution in [0.15, 0.2) is 34.5 Å². The van der Waals surface area contributed by atoms with Crippen molar-refractivity contribution in [2.45, 2.75) is 32.3 Å². The van der Waals surface area contributed by atoms with Gasteiger partial charge in [0, 0.05) is 23.6 Å². The van der Waals surface area contributed by atoms with Crippen molar-refractivity contribution in [1.29, 1.82) is 0 Å². The molecule has 1 aliphatic rings. The van der Waals surface area contributed by atoms with Crippen LogP contribution in [0, 0.1) is 6.92 Å². The second kappa shape index (κ2) is 4.37. The van der Waals surface area contributed by atoms with Gasteiger partial charge in [0.2, 0.25) is 0 Å². The fourth-order valence-corrected chi connectivity index (χ4v) is 2.25. The quantitative estimate of drug-likeness (QED) is 0.882. The maximum absolute atomic E-state index is 5.93. The van der Waals surface area contributed by atoms with Gasteiger partial charge in [-0.3, -0.25) is 0 Å². The minimum absolute atomic E-state index is 0.207. The lowest BCUT2D eigenvalue weighted by molar-refractivity contribution is 0.188. The Morgan fingerprint density at radius 2 is 2.33 bits per heavy atom. The fourth-order valence-electron chi connectivity index (χ4n) is 2.25. The summed E-state index contributed by atoms with van der Waals surface area (Å²) >= 11 is 0. The molecule has 4 heteroatoms. The molecule has 1 unspecified atom stereocenters. The zero-order valence-corrected chi connectivity index (χ0v) is 10.3. The van der Waals surface area contributed by atoms with E-state index in [4.69, 9.17) is 15.0 Å². The molecule has 0 fully saturated rings. The molecule has 0 saturated heterocycles. The minimum atomic E-state index is 0.207. The topological polar surface area (TPSA) is 61.3 Å². The summed E-state index contributed by atoms with van der Waals surface area (Å²) in [5, 5.41) is 4.97. The van der Waals surface area contributed by atoms with Gasteiger partial charge in [0.25, 0.3) is 0 Å². The van der Waals surface area contributed by atoms with Crippen molar-refractivity contribution in [3.05, 3.63) is 35.7 Å². The molecule has 0 aliphatic heterocycles. The van der Waals surface area contributed by atoms with Crippen LogP contribution in [0.2, 0.25) is 0 Å². The van der Waals surface area contributed by atoms with Crippen LogP contribution in [0.25, 0.3) is 11.0 Å². The maximum Gasteiger partial charge on any atom is 0.170 e. The average Bonchev–Trinajstić information content (AvgIpc) is 2.74. The molecule has 0 bridgehead atoms. The van der Waals surface area contributed by atoms with Gasteiger partial charge in [0.05, 0.1) is 5.69 Å². The van der Waals surface area contributed by atoms with E-state index < -0.39 is 0 Å². The Kier molecular flexibility index (Phi) is 2.70. The van der Waals surface area contributed by atoms with E-state index >= 15 is 0 Å². The molecule has 1 heterocycles. The first-order chi connectivity index (χ1) is 8.72. The molecule has 0 spiro atoms. The van der Waals surface area contributed by atoms with Gasteiger partial charge in [0.15, 0.2) is 5.58 Å². The van der Waals surface area contributed by atoms with Gasteiger partial charge in [-0.25, -0.2) is 0 Å². The fraction of sp³-hybridized carbons (Fsp3) is 0.357. The Morgan fingerprint density at radius 1 is 1.44 bits per heavy atom. The van der Waals surface area contributed by atoms with Gasteiger partial charge < -0.3 is 15.0 Å². The molecule has 0 radical (unpaired) electrons. The van der Waals surface area contributed by atoms with Crippen molar-refractivity contribution in [3.8, 4) is 5.75 Å².